The fraction of sp³-hybridized carbons (Fsp3) is 0.154. The number of nitrogens with zero attached hydrogens (tertiary/aromatic N) is 3. The van der Waals surface area contributed by atoms with Crippen molar-refractivity contribution >= 4 is 17.6 Å². The largest absolute Gasteiger partial charge is 0.456 e. The summed E-state index contributed by atoms with van der Waals surface area (Å²) in [6, 6.07) is 25.3. The first kappa shape index (κ1) is 22.7. The van der Waals surface area contributed by atoms with Crippen molar-refractivity contribution in [2.75, 3.05) is 5.32 Å². The first-order chi connectivity index (χ1) is 16.3. The number of hydrogen-bond donors (Lipinski definition) is 1. The molecule has 1 aromatic heterocycles. The third-order valence-electron chi connectivity index (χ3n) is 4.25. The van der Waals surface area contributed by atoms with Gasteiger partial charge in [-0.15, -0.1) is 4.98 Å². The smallest absolute Gasteiger partial charge is 0.338 e. The Bertz CT molecular complexity index is 1200. The molecule has 0 aliphatic carbocycles. The van der Waals surface area contributed by atoms with E-state index in [4.69, 9.17) is 14.2 Å². The molecule has 0 aliphatic heterocycles. The third kappa shape index (κ3) is 6.52. The van der Waals surface area contributed by atoms with Crippen LogP contribution in [-0.2, 0) is 4.74 Å². The van der Waals surface area contributed by atoms with Crippen molar-refractivity contribution in [2.45, 2.75) is 26.4 Å². The quantitative estimate of drug-likeness (QED) is 0.331. The SMILES string of the molecule is CC(C)(C)OC(=O)c1cccc(Nc2nc(Oc3ccccc3)nc(Oc3ccccc3)n2)c1. The zero-order valence-electron chi connectivity index (χ0n) is 19.1. The van der Waals surface area contributed by atoms with Crippen molar-refractivity contribution in [3.05, 3.63) is 90.5 Å². The highest BCUT2D eigenvalue weighted by Crippen LogP contribution is 2.25. The second kappa shape index (κ2) is 9.99. The van der Waals surface area contributed by atoms with E-state index in [1.54, 1.807) is 48.5 Å². The maximum absolute atomic E-state index is 12.4. The molecule has 1 N–H and O–H groups in total. The number of ether oxygens (including phenoxy) is 3. The molecule has 34 heavy (non-hydrogen) atoms. The zero-order chi connectivity index (χ0) is 24.0. The molecule has 172 valence electrons. The molecule has 1 heterocycles. The summed E-state index contributed by atoms with van der Waals surface area (Å²) in [4.78, 5) is 25.4. The Balaban J connectivity index is 1.61. The number of aromatic nitrogens is 3. The van der Waals surface area contributed by atoms with E-state index in [-0.39, 0.29) is 18.0 Å². The lowest BCUT2D eigenvalue weighted by Crippen LogP contribution is -2.23. The molecule has 4 rings (SSSR count). The number of anilines is 2. The highest BCUT2D eigenvalue weighted by Gasteiger charge is 2.18. The molecule has 0 amide bonds. The van der Waals surface area contributed by atoms with Crippen molar-refractivity contribution < 1.29 is 19.0 Å². The van der Waals surface area contributed by atoms with E-state index in [1.807, 2.05) is 57.2 Å². The van der Waals surface area contributed by atoms with Crippen LogP contribution in [0.4, 0.5) is 11.6 Å². The number of rotatable bonds is 7. The summed E-state index contributed by atoms with van der Waals surface area (Å²) >= 11 is 0. The topological polar surface area (TPSA) is 95.5 Å². The average Bonchev–Trinajstić information content (AvgIpc) is 2.79. The number of carbonyl (C=O) groups excluding carboxylic acids is 1. The van der Waals surface area contributed by atoms with Gasteiger partial charge in [0.1, 0.15) is 17.1 Å². The molecule has 4 aromatic rings. The molecule has 0 saturated carbocycles. The summed E-state index contributed by atoms with van der Waals surface area (Å²) in [5, 5.41) is 3.08. The van der Waals surface area contributed by atoms with Gasteiger partial charge in [-0.2, -0.15) is 9.97 Å². The minimum absolute atomic E-state index is 0.0536. The van der Waals surface area contributed by atoms with Gasteiger partial charge in [-0.1, -0.05) is 42.5 Å². The van der Waals surface area contributed by atoms with Gasteiger partial charge in [0.05, 0.1) is 5.56 Å². The van der Waals surface area contributed by atoms with E-state index >= 15 is 0 Å². The van der Waals surface area contributed by atoms with Gasteiger partial charge >= 0.3 is 18.0 Å². The van der Waals surface area contributed by atoms with Crippen molar-refractivity contribution in [1.82, 2.24) is 15.0 Å². The number of para-hydroxylation sites is 2. The predicted molar refractivity (Wildman–Crippen MR) is 128 cm³/mol. The van der Waals surface area contributed by atoms with Crippen LogP contribution in [0.1, 0.15) is 31.1 Å². The number of nitrogens with one attached hydrogen (secondary N) is 1. The maximum Gasteiger partial charge on any atom is 0.338 e. The fourth-order valence-corrected chi connectivity index (χ4v) is 2.86. The summed E-state index contributed by atoms with van der Waals surface area (Å²) in [7, 11) is 0. The molecular formula is C26H24N4O4. The number of carbonyl (C=O) groups is 1. The highest BCUT2D eigenvalue weighted by atomic mass is 16.6. The lowest BCUT2D eigenvalue weighted by atomic mass is 10.1. The van der Waals surface area contributed by atoms with Crippen LogP contribution in [0.3, 0.4) is 0 Å². The summed E-state index contributed by atoms with van der Waals surface area (Å²) < 4.78 is 17.0. The molecule has 0 aliphatic rings. The van der Waals surface area contributed by atoms with Gasteiger partial charge in [-0.05, 0) is 63.2 Å². The van der Waals surface area contributed by atoms with Gasteiger partial charge in [0.25, 0.3) is 0 Å². The second-order valence-corrected chi connectivity index (χ2v) is 8.26. The molecule has 0 fully saturated rings. The Morgan fingerprint density at radius 2 is 1.29 bits per heavy atom. The van der Waals surface area contributed by atoms with E-state index in [1.165, 1.54) is 0 Å². The molecule has 3 aromatic carbocycles. The van der Waals surface area contributed by atoms with Crippen molar-refractivity contribution in [3.63, 3.8) is 0 Å². The van der Waals surface area contributed by atoms with Gasteiger partial charge in [-0.3, -0.25) is 0 Å². The monoisotopic (exact) mass is 456 g/mol. The third-order valence-corrected chi connectivity index (χ3v) is 4.25. The fourth-order valence-electron chi connectivity index (χ4n) is 2.86. The summed E-state index contributed by atoms with van der Waals surface area (Å²) in [5.74, 6) is 0.899. The molecular weight excluding hydrogens is 432 g/mol. The summed E-state index contributed by atoms with van der Waals surface area (Å²) in [6.07, 6.45) is 0. The van der Waals surface area contributed by atoms with E-state index in [0.717, 1.165) is 0 Å². The number of hydrogen-bond acceptors (Lipinski definition) is 8. The van der Waals surface area contributed by atoms with Crippen LogP contribution < -0.4 is 14.8 Å². The van der Waals surface area contributed by atoms with Gasteiger partial charge < -0.3 is 19.5 Å². The first-order valence-corrected chi connectivity index (χ1v) is 10.7. The van der Waals surface area contributed by atoms with Crippen LogP contribution in [0, 0.1) is 0 Å². The standard InChI is InChI=1S/C26H24N4O4/c1-26(2,3)34-22(31)18-11-10-12-19(17-18)27-23-28-24(32-20-13-6-4-7-14-20)30-25(29-23)33-21-15-8-5-9-16-21/h4-17H,1-3H3,(H,27,28,29,30). The van der Waals surface area contributed by atoms with Gasteiger partial charge in [0, 0.05) is 5.69 Å². The zero-order valence-corrected chi connectivity index (χ0v) is 19.1. The minimum Gasteiger partial charge on any atom is -0.456 e. The van der Waals surface area contributed by atoms with Crippen LogP contribution >= 0.6 is 0 Å². The lowest BCUT2D eigenvalue weighted by molar-refractivity contribution is 0.00695. The van der Waals surface area contributed by atoms with Crippen LogP contribution in [0.2, 0.25) is 0 Å². The maximum atomic E-state index is 12.4. The Morgan fingerprint density at radius 1 is 0.735 bits per heavy atom. The van der Waals surface area contributed by atoms with E-state index < -0.39 is 11.6 Å². The Morgan fingerprint density at radius 3 is 1.82 bits per heavy atom. The van der Waals surface area contributed by atoms with E-state index in [0.29, 0.717) is 22.7 Å². The Kier molecular flexibility index (Phi) is 6.68. The van der Waals surface area contributed by atoms with Crippen LogP contribution in [0.5, 0.6) is 23.5 Å². The summed E-state index contributed by atoms with van der Waals surface area (Å²) in [5.41, 5.74) is 0.392. The number of benzene rings is 3. The van der Waals surface area contributed by atoms with Crippen molar-refractivity contribution in [2.24, 2.45) is 0 Å². The molecule has 0 bridgehead atoms. The van der Waals surface area contributed by atoms with Gasteiger partial charge in [0.2, 0.25) is 5.95 Å². The molecule has 8 heteroatoms. The molecule has 8 nitrogen and oxygen atoms in total. The predicted octanol–water partition coefficient (Wildman–Crippen LogP) is 6.16. The molecule has 0 unspecified atom stereocenters. The molecule has 0 atom stereocenters. The Labute approximate surface area is 197 Å². The van der Waals surface area contributed by atoms with E-state index in [9.17, 15) is 4.79 Å². The normalized spacial score (nSPS) is 10.9. The van der Waals surface area contributed by atoms with E-state index in [2.05, 4.69) is 20.3 Å². The van der Waals surface area contributed by atoms with Crippen LogP contribution in [0.15, 0.2) is 84.9 Å². The van der Waals surface area contributed by atoms with Gasteiger partial charge in [-0.25, -0.2) is 4.79 Å². The van der Waals surface area contributed by atoms with Crippen LogP contribution in [-0.4, -0.2) is 26.5 Å². The highest BCUT2D eigenvalue weighted by molar-refractivity contribution is 5.91. The van der Waals surface area contributed by atoms with Crippen molar-refractivity contribution in [3.8, 4) is 23.5 Å². The average molecular weight is 457 g/mol. The molecule has 0 saturated heterocycles. The molecule has 0 radical (unpaired) electrons. The lowest BCUT2D eigenvalue weighted by Gasteiger charge is -2.19. The van der Waals surface area contributed by atoms with Gasteiger partial charge in [0.15, 0.2) is 0 Å². The molecule has 0 spiro atoms. The summed E-state index contributed by atoms with van der Waals surface area (Å²) in [6.45, 7) is 5.46. The Hall–Kier alpha value is -4.46. The minimum atomic E-state index is -0.595. The second-order valence-electron chi connectivity index (χ2n) is 8.26. The first-order valence-electron chi connectivity index (χ1n) is 10.7. The van der Waals surface area contributed by atoms with Crippen molar-refractivity contribution in [1.29, 1.82) is 0 Å². The van der Waals surface area contributed by atoms with Crippen LogP contribution in [0.25, 0.3) is 0 Å². The number of esters is 1.